The molecule has 2 rings (SSSR count). The van der Waals surface area contributed by atoms with Crippen molar-refractivity contribution in [3.05, 3.63) is 34.3 Å². The number of carboxylic acid groups (broad SMARTS) is 1. The molecule has 3 N–H and O–H groups in total. The number of hydrogen-bond acceptors (Lipinski definition) is 2. The molecule has 0 saturated heterocycles. The Morgan fingerprint density at radius 1 is 1.47 bits per heavy atom. The zero-order valence-corrected chi connectivity index (χ0v) is 8.92. The Morgan fingerprint density at radius 3 is 2.87 bits per heavy atom. The first kappa shape index (κ1) is 10.5. The van der Waals surface area contributed by atoms with E-state index in [1.165, 1.54) is 0 Å². The van der Waals surface area contributed by atoms with Crippen LogP contribution in [0.1, 0.15) is 17.5 Å². The fraction of sp³-hybridized carbons (Fsp3) is 0.364. The second-order valence-corrected chi connectivity index (χ2v) is 4.49. The monoisotopic (exact) mass is 225 g/mol. The van der Waals surface area contributed by atoms with Gasteiger partial charge in [-0.1, -0.05) is 17.7 Å². The largest absolute Gasteiger partial charge is 0.480 e. The molecular formula is C11H12ClNO2. The molecule has 15 heavy (non-hydrogen) atoms. The number of aryl methyl sites for hydroxylation is 1. The Labute approximate surface area is 92.8 Å². The predicted octanol–water partition coefficient (Wildman–Crippen LogP) is 1.61. The topological polar surface area (TPSA) is 63.3 Å². The third kappa shape index (κ3) is 1.85. The van der Waals surface area contributed by atoms with Gasteiger partial charge in [0.1, 0.15) is 5.54 Å². The van der Waals surface area contributed by atoms with Crippen LogP contribution in [0.3, 0.4) is 0 Å². The number of carboxylic acids is 1. The van der Waals surface area contributed by atoms with Crippen molar-refractivity contribution in [2.45, 2.75) is 24.8 Å². The molecule has 0 fully saturated rings. The molecule has 1 atom stereocenters. The Morgan fingerprint density at radius 2 is 2.20 bits per heavy atom. The van der Waals surface area contributed by atoms with Crippen LogP contribution in [0.5, 0.6) is 0 Å². The lowest BCUT2D eigenvalue weighted by Crippen LogP contribution is -2.52. The van der Waals surface area contributed by atoms with Gasteiger partial charge in [-0.05, 0) is 36.1 Å². The second-order valence-electron chi connectivity index (χ2n) is 4.05. The van der Waals surface area contributed by atoms with E-state index in [-0.39, 0.29) is 0 Å². The Kier molecular flexibility index (Phi) is 2.44. The van der Waals surface area contributed by atoms with Crippen molar-refractivity contribution in [3.8, 4) is 0 Å². The number of aliphatic carboxylic acids is 1. The van der Waals surface area contributed by atoms with E-state index >= 15 is 0 Å². The van der Waals surface area contributed by atoms with Crippen LogP contribution in [0.2, 0.25) is 5.02 Å². The van der Waals surface area contributed by atoms with Crippen LogP contribution in [-0.4, -0.2) is 16.6 Å². The molecule has 4 heteroatoms. The molecule has 1 aromatic carbocycles. The minimum absolute atomic E-state index is 0.384. The number of hydrogen-bond donors (Lipinski definition) is 2. The van der Waals surface area contributed by atoms with E-state index in [2.05, 4.69) is 0 Å². The zero-order valence-electron chi connectivity index (χ0n) is 8.16. The third-order valence-electron chi connectivity index (χ3n) is 2.94. The molecule has 0 amide bonds. The van der Waals surface area contributed by atoms with Gasteiger partial charge in [-0.25, -0.2) is 0 Å². The maximum atomic E-state index is 11.0. The lowest BCUT2D eigenvalue weighted by molar-refractivity contribution is -0.143. The molecule has 0 unspecified atom stereocenters. The molecule has 80 valence electrons. The van der Waals surface area contributed by atoms with Gasteiger partial charge in [-0.15, -0.1) is 0 Å². The highest BCUT2D eigenvalue weighted by Crippen LogP contribution is 2.29. The quantitative estimate of drug-likeness (QED) is 0.763. The first-order chi connectivity index (χ1) is 7.01. The fourth-order valence-electron chi connectivity index (χ4n) is 1.97. The van der Waals surface area contributed by atoms with E-state index < -0.39 is 11.5 Å². The predicted molar refractivity (Wildman–Crippen MR) is 58.0 cm³/mol. The standard InChI is InChI=1S/C11H12ClNO2/c12-9-2-1-8-6-11(13,10(14)15)4-3-7(8)5-9/h1-2,5H,3-4,6,13H2,(H,14,15)/t11-/m0/s1. The number of rotatable bonds is 1. The Hall–Kier alpha value is -1.06. The Balaban J connectivity index is 2.35. The third-order valence-corrected chi connectivity index (χ3v) is 3.18. The van der Waals surface area contributed by atoms with Gasteiger partial charge in [0.25, 0.3) is 0 Å². The SMILES string of the molecule is N[C@@]1(C(=O)O)CCc2cc(Cl)ccc2C1. The normalized spacial score (nSPS) is 24.7. The summed E-state index contributed by atoms with van der Waals surface area (Å²) in [7, 11) is 0. The molecule has 0 radical (unpaired) electrons. The molecule has 0 aromatic heterocycles. The molecule has 0 heterocycles. The van der Waals surface area contributed by atoms with Crippen LogP contribution >= 0.6 is 11.6 Å². The van der Waals surface area contributed by atoms with Crippen molar-refractivity contribution in [1.82, 2.24) is 0 Å². The van der Waals surface area contributed by atoms with Gasteiger partial charge in [-0.2, -0.15) is 0 Å². The summed E-state index contributed by atoms with van der Waals surface area (Å²) in [6.45, 7) is 0. The summed E-state index contributed by atoms with van der Waals surface area (Å²) in [5.74, 6) is -0.928. The van der Waals surface area contributed by atoms with Crippen molar-refractivity contribution < 1.29 is 9.90 Å². The van der Waals surface area contributed by atoms with Crippen molar-refractivity contribution in [2.75, 3.05) is 0 Å². The van der Waals surface area contributed by atoms with Gasteiger partial charge in [0, 0.05) is 11.4 Å². The summed E-state index contributed by atoms with van der Waals surface area (Å²) >= 11 is 5.86. The molecular weight excluding hydrogens is 214 g/mol. The first-order valence-corrected chi connectivity index (χ1v) is 5.19. The number of nitrogens with two attached hydrogens (primary N) is 1. The van der Waals surface area contributed by atoms with E-state index in [4.69, 9.17) is 22.4 Å². The Bertz CT molecular complexity index is 419. The summed E-state index contributed by atoms with van der Waals surface area (Å²) in [6, 6.07) is 5.52. The van der Waals surface area contributed by atoms with E-state index in [9.17, 15) is 4.79 Å². The van der Waals surface area contributed by atoms with Crippen LogP contribution in [0.15, 0.2) is 18.2 Å². The molecule has 3 nitrogen and oxygen atoms in total. The van der Waals surface area contributed by atoms with Crippen LogP contribution in [0.25, 0.3) is 0 Å². The molecule has 0 aliphatic heterocycles. The number of benzene rings is 1. The minimum atomic E-state index is -1.11. The van der Waals surface area contributed by atoms with E-state index in [1.54, 1.807) is 6.07 Å². The number of carbonyl (C=O) groups is 1. The average molecular weight is 226 g/mol. The van der Waals surface area contributed by atoms with Crippen LogP contribution in [0, 0.1) is 0 Å². The molecule has 0 bridgehead atoms. The molecule has 0 spiro atoms. The maximum absolute atomic E-state index is 11.0. The molecule has 0 saturated carbocycles. The second kappa shape index (κ2) is 3.51. The van der Waals surface area contributed by atoms with Gasteiger partial charge in [0.15, 0.2) is 0 Å². The minimum Gasteiger partial charge on any atom is -0.480 e. The fourth-order valence-corrected chi connectivity index (χ4v) is 2.16. The number of fused-ring (bicyclic) bond motifs is 1. The molecule has 1 aliphatic carbocycles. The zero-order chi connectivity index (χ0) is 11.1. The lowest BCUT2D eigenvalue weighted by Gasteiger charge is -2.30. The summed E-state index contributed by atoms with van der Waals surface area (Å²) in [4.78, 5) is 11.0. The van der Waals surface area contributed by atoms with E-state index in [1.807, 2.05) is 12.1 Å². The lowest BCUT2D eigenvalue weighted by atomic mass is 9.79. The van der Waals surface area contributed by atoms with Gasteiger partial charge in [0.2, 0.25) is 0 Å². The van der Waals surface area contributed by atoms with Gasteiger partial charge in [0.05, 0.1) is 0 Å². The smallest absolute Gasteiger partial charge is 0.324 e. The summed E-state index contributed by atoms with van der Waals surface area (Å²) in [6.07, 6.45) is 1.53. The molecule has 1 aromatic rings. The average Bonchev–Trinajstić information content (AvgIpc) is 2.18. The van der Waals surface area contributed by atoms with Gasteiger partial charge in [-0.3, -0.25) is 4.79 Å². The summed E-state index contributed by atoms with van der Waals surface area (Å²) in [5, 5.41) is 9.72. The van der Waals surface area contributed by atoms with Crippen molar-refractivity contribution in [1.29, 1.82) is 0 Å². The summed E-state index contributed by atoms with van der Waals surface area (Å²) in [5.41, 5.74) is 6.82. The molecule has 1 aliphatic rings. The van der Waals surface area contributed by atoms with E-state index in [0.717, 1.165) is 11.1 Å². The van der Waals surface area contributed by atoms with Crippen molar-refractivity contribution in [3.63, 3.8) is 0 Å². The van der Waals surface area contributed by atoms with Crippen LogP contribution in [-0.2, 0) is 17.6 Å². The highest BCUT2D eigenvalue weighted by Gasteiger charge is 2.37. The maximum Gasteiger partial charge on any atom is 0.324 e. The summed E-state index contributed by atoms with van der Waals surface area (Å²) < 4.78 is 0. The van der Waals surface area contributed by atoms with Gasteiger partial charge < -0.3 is 10.8 Å². The van der Waals surface area contributed by atoms with Crippen LogP contribution in [0.4, 0.5) is 0 Å². The van der Waals surface area contributed by atoms with Crippen molar-refractivity contribution >= 4 is 17.6 Å². The highest BCUT2D eigenvalue weighted by atomic mass is 35.5. The number of halogens is 1. The van der Waals surface area contributed by atoms with Gasteiger partial charge >= 0.3 is 5.97 Å². The van der Waals surface area contributed by atoms with Crippen LogP contribution < -0.4 is 5.73 Å². The van der Waals surface area contributed by atoms with E-state index in [0.29, 0.717) is 24.3 Å². The first-order valence-electron chi connectivity index (χ1n) is 4.81. The van der Waals surface area contributed by atoms with Crippen molar-refractivity contribution in [2.24, 2.45) is 5.73 Å². The highest BCUT2D eigenvalue weighted by molar-refractivity contribution is 6.30.